The van der Waals surface area contributed by atoms with E-state index < -0.39 is 0 Å². The second-order valence-electron chi connectivity index (χ2n) is 4.12. The van der Waals surface area contributed by atoms with Gasteiger partial charge >= 0.3 is 0 Å². The Kier molecular flexibility index (Phi) is 3.70. The van der Waals surface area contributed by atoms with Crippen molar-refractivity contribution in [2.75, 3.05) is 11.5 Å². The van der Waals surface area contributed by atoms with Gasteiger partial charge in [0.25, 0.3) is 0 Å². The van der Waals surface area contributed by atoms with Gasteiger partial charge in [-0.25, -0.2) is 4.98 Å². The Bertz CT molecular complexity index is 305. The number of thioether (sulfide) groups is 1. The Morgan fingerprint density at radius 1 is 1.60 bits per heavy atom. The third kappa shape index (κ3) is 2.98. The first-order valence-corrected chi connectivity index (χ1v) is 6.61. The summed E-state index contributed by atoms with van der Waals surface area (Å²) in [5.74, 6) is 3.78. The molecule has 15 heavy (non-hydrogen) atoms. The summed E-state index contributed by atoms with van der Waals surface area (Å²) in [6.45, 7) is 1.77. The largest absolute Gasteiger partial charge is 0.448 e. The minimum absolute atomic E-state index is 0.343. The van der Waals surface area contributed by atoms with Gasteiger partial charge in [-0.3, -0.25) is 0 Å². The number of oxazole rings is 1. The highest BCUT2D eigenvalue weighted by Crippen LogP contribution is 2.30. The van der Waals surface area contributed by atoms with E-state index in [1.165, 1.54) is 24.3 Å². The summed E-state index contributed by atoms with van der Waals surface area (Å²) >= 11 is 2.00. The van der Waals surface area contributed by atoms with E-state index in [0.29, 0.717) is 12.3 Å². The molecule has 0 bridgehead atoms. The number of aromatic nitrogens is 1. The molecule has 2 rings (SSSR count). The summed E-state index contributed by atoms with van der Waals surface area (Å²) in [5.41, 5.74) is 0.873. The number of nitrogens with zero attached hydrogens (tertiary/aromatic N) is 1. The molecule has 0 spiro atoms. The van der Waals surface area contributed by atoms with Gasteiger partial charge in [-0.1, -0.05) is 0 Å². The van der Waals surface area contributed by atoms with Crippen molar-refractivity contribution in [3.05, 3.63) is 17.8 Å². The predicted molar refractivity (Wildman–Crippen MR) is 61.2 cm³/mol. The van der Waals surface area contributed by atoms with Crippen LogP contribution in [0.25, 0.3) is 0 Å². The van der Waals surface area contributed by atoms with Gasteiger partial charge in [-0.15, -0.1) is 0 Å². The molecule has 0 aromatic carbocycles. The monoisotopic (exact) mass is 227 g/mol. The quantitative estimate of drug-likeness (QED) is 0.860. The van der Waals surface area contributed by atoms with Crippen LogP contribution in [0.4, 0.5) is 0 Å². The van der Waals surface area contributed by atoms with E-state index in [2.05, 4.69) is 4.98 Å². The number of aliphatic hydroxyl groups excluding tert-OH is 1. The van der Waals surface area contributed by atoms with Gasteiger partial charge in [0.2, 0.25) is 0 Å². The van der Waals surface area contributed by atoms with Gasteiger partial charge in [0.15, 0.2) is 5.89 Å². The van der Waals surface area contributed by atoms with Crippen LogP contribution in [0.3, 0.4) is 0 Å². The highest BCUT2D eigenvalue weighted by molar-refractivity contribution is 7.99. The molecule has 0 radical (unpaired) electrons. The Morgan fingerprint density at radius 2 is 2.33 bits per heavy atom. The normalized spacial score (nSPS) is 20.4. The topological polar surface area (TPSA) is 46.3 Å². The average Bonchev–Trinajstić information content (AvgIpc) is 2.67. The molecule has 1 aliphatic heterocycles. The highest BCUT2D eigenvalue weighted by Gasteiger charge is 2.20. The molecule has 1 unspecified atom stereocenters. The van der Waals surface area contributed by atoms with E-state index in [9.17, 15) is 5.11 Å². The van der Waals surface area contributed by atoms with Crippen LogP contribution in [-0.4, -0.2) is 27.7 Å². The lowest BCUT2D eigenvalue weighted by Crippen LogP contribution is -2.09. The lowest BCUT2D eigenvalue weighted by Gasteiger charge is -2.17. The molecule has 84 valence electrons. The molecule has 3 nitrogen and oxygen atoms in total. The first kappa shape index (κ1) is 11.0. The number of aliphatic hydroxyl groups is 1. The van der Waals surface area contributed by atoms with Crippen molar-refractivity contribution in [2.45, 2.75) is 38.2 Å². The first-order valence-electron chi connectivity index (χ1n) is 5.46. The molecule has 1 aromatic rings. The minimum atomic E-state index is -0.343. The summed E-state index contributed by atoms with van der Waals surface area (Å²) in [6, 6.07) is 0. The van der Waals surface area contributed by atoms with Crippen molar-refractivity contribution >= 4 is 11.8 Å². The summed E-state index contributed by atoms with van der Waals surface area (Å²) in [5, 5.41) is 9.24. The van der Waals surface area contributed by atoms with Crippen LogP contribution in [0.15, 0.2) is 10.7 Å². The van der Waals surface area contributed by atoms with Crippen molar-refractivity contribution < 1.29 is 9.52 Å². The van der Waals surface area contributed by atoms with Crippen LogP contribution < -0.4 is 0 Å². The zero-order chi connectivity index (χ0) is 10.7. The fraction of sp³-hybridized carbons (Fsp3) is 0.727. The number of hydrogen-bond donors (Lipinski definition) is 1. The molecule has 0 saturated carbocycles. The zero-order valence-electron chi connectivity index (χ0n) is 8.98. The second kappa shape index (κ2) is 5.03. The third-order valence-corrected chi connectivity index (χ3v) is 3.69. The van der Waals surface area contributed by atoms with E-state index in [1.807, 2.05) is 11.8 Å². The van der Waals surface area contributed by atoms with Crippen molar-refractivity contribution in [3.8, 4) is 0 Å². The zero-order valence-corrected chi connectivity index (χ0v) is 9.80. The lowest BCUT2D eigenvalue weighted by molar-refractivity contribution is 0.194. The van der Waals surface area contributed by atoms with E-state index >= 15 is 0 Å². The lowest BCUT2D eigenvalue weighted by atomic mass is 10.0. The molecule has 1 N–H and O–H groups in total. The Hall–Kier alpha value is -0.480. The molecule has 0 aliphatic carbocycles. The standard InChI is InChI=1S/C11H17NO2S/c1-8(13)6-10-7-14-11(12-10)9-2-4-15-5-3-9/h7-9,13H,2-6H2,1H3. The van der Waals surface area contributed by atoms with E-state index in [1.54, 1.807) is 13.2 Å². The molecule has 1 aromatic heterocycles. The van der Waals surface area contributed by atoms with Crippen molar-refractivity contribution in [1.29, 1.82) is 0 Å². The fourth-order valence-corrected chi connectivity index (χ4v) is 2.96. The number of rotatable bonds is 3. The summed E-state index contributed by atoms with van der Waals surface area (Å²) in [6.07, 6.45) is 4.26. The van der Waals surface area contributed by atoms with E-state index in [-0.39, 0.29) is 6.10 Å². The van der Waals surface area contributed by atoms with Gasteiger partial charge in [-0.2, -0.15) is 11.8 Å². The van der Waals surface area contributed by atoms with Crippen molar-refractivity contribution in [2.24, 2.45) is 0 Å². The summed E-state index contributed by atoms with van der Waals surface area (Å²) in [7, 11) is 0. The van der Waals surface area contributed by atoms with E-state index in [0.717, 1.165) is 11.6 Å². The third-order valence-electron chi connectivity index (χ3n) is 2.64. The molecule has 2 heterocycles. The van der Waals surface area contributed by atoms with Crippen LogP contribution >= 0.6 is 11.8 Å². The van der Waals surface area contributed by atoms with Gasteiger partial charge in [-0.05, 0) is 31.3 Å². The molecule has 0 amide bonds. The fourth-order valence-electron chi connectivity index (χ4n) is 1.85. The maximum absolute atomic E-state index is 9.24. The number of hydrogen-bond acceptors (Lipinski definition) is 4. The molecule has 1 aliphatic rings. The Labute approximate surface area is 94.3 Å². The molecule has 1 atom stereocenters. The highest BCUT2D eigenvalue weighted by atomic mass is 32.2. The smallest absolute Gasteiger partial charge is 0.197 e. The van der Waals surface area contributed by atoms with Gasteiger partial charge in [0.1, 0.15) is 6.26 Å². The first-order chi connectivity index (χ1) is 7.25. The van der Waals surface area contributed by atoms with Crippen LogP contribution in [0, 0.1) is 0 Å². The predicted octanol–water partition coefficient (Wildman–Crippen LogP) is 2.21. The van der Waals surface area contributed by atoms with Gasteiger partial charge in [0.05, 0.1) is 11.8 Å². The second-order valence-corrected chi connectivity index (χ2v) is 5.34. The Balaban J connectivity index is 1.99. The maximum atomic E-state index is 9.24. The molecule has 1 saturated heterocycles. The van der Waals surface area contributed by atoms with Crippen molar-refractivity contribution in [1.82, 2.24) is 4.98 Å². The Morgan fingerprint density at radius 3 is 3.00 bits per heavy atom. The van der Waals surface area contributed by atoms with Crippen LogP contribution in [0.2, 0.25) is 0 Å². The van der Waals surface area contributed by atoms with Gasteiger partial charge < -0.3 is 9.52 Å². The molecular formula is C11H17NO2S. The summed E-state index contributed by atoms with van der Waals surface area (Å²) in [4.78, 5) is 4.44. The average molecular weight is 227 g/mol. The molecule has 4 heteroatoms. The summed E-state index contributed by atoms with van der Waals surface area (Å²) < 4.78 is 5.47. The van der Waals surface area contributed by atoms with Crippen molar-refractivity contribution in [3.63, 3.8) is 0 Å². The van der Waals surface area contributed by atoms with Crippen LogP contribution in [0.5, 0.6) is 0 Å². The molecule has 1 fully saturated rings. The SMILES string of the molecule is CC(O)Cc1coc(C2CCSCC2)n1. The van der Waals surface area contributed by atoms with E-state index in [4.69, 9.17) is 4.42 Å². The van der Waals surface area contributed by atoms with Crippen LogP contribution in [-0.2, 0) is 6.42 Å². The van der Waals surface area contributed by atoms with Crippen LogP contribution in [0.1, 0.15) is 37.3 Å². The van der Waals surface area contributed by atoms with Gasteiger partial charge in [0, 0.05) is 12.3 Å². The molecular weight excluding hydrogens is 210 g/mol. The maximum Gasteiger partial charge on any atom is 0.197 e. The minimum Gasteiger partial charge on any atom is -0.448 e.